The minimum atomic E-state index is -0.816. The maximum absolute atomic E-state index is 12.5. The van der Waals surface area contributed by atoms with Gasteiger partial charge in [-0.3, -0.25) is 4.79 Å². The van der Waals surface area contributed by atoms with E-state index in [4.69, 9.17) is 9.84 Å². The largest absolute Gasteiger partial charge is 0.481 e. The third-order valence-corrected chi connectivity index (χ3v) is 5.86. The molecule has 2 rings (SSSR count). The molecular formula is C16H28N2O4. The fraction of sp³-hybridized carbons (Fsp3) is 0.875. The van der Waals surface area contributed by atoms with Gasteiger partial charge in [-0.1, -0.05) is 20.8 Å². The van der Waals surface area contributed by atoms with Gasteiger partial charge in [0.15, 0.2) is 0 Å². The van der Waals surface area contributed by atoms with Crippen LogP contribution in [0.25, 0.3) is 0 Å². The normalized spacial score (nSPS) is 33.4. The van der Waals surface area contributed by atoms with E-state index >= 15 is 0 Å². The van der Waals surface area contributed by atoms with Crippen LogP contribution >= 0.6 is 0 Å². The molecule has 22 heavy (non-hydrogen) atoms. The van der Waals surface area contributed by atoms with Crippen LogP contribution in [0.5, 0.6) is 0 Å². The highest BCUT2D eigenvalue weighted by molar-refractivity contribution is 5.77. The second kappa shape index (κ2) is 6.44. The van der Waals surface area contributed by atoms with E-state index in [1.54, 1.807) is 12.0 Å². The number of rotatable bonds is 5. The minimum Gasteiger partial charge on any atom is -0.481 e. The Morgan fingerprint density at radius 1 is 1.36 bits per heavy atom. The van der Waals surface area contributed by atoms with E-state index < -0.39 is 11.9 Å². The molecule has 4 unspecified atom stereocenters. The molecule has 2 N–H and O–H groups in total. The molecule has 126 valence electrons. The molecular weight excluding hydrogens is 284 g/mol. The Labute approximate surface area is 132 Å². The minimum absolute atomic E-state index is 0.0181. The lowest BCUT2D eigenvalue weighted by Crippen LogP contribution is -2.70. The van der Waals surface area contributed by atoms with Crippen LogP contribution in [0, 0.1) is 17.3 Å². The van der Waals surface area contributed by atoms with Crippen LogP contribution in [0.4, 0.5) is 4.79 Å². The Morgan fingerprint density at radius 2 is 2.00 bits per heavy atom. The molecule has 0 spiro atoms. The maximum atomic E-state index is 12.5. The van der Waals surface area contributed by atoms with Crippen molar-refractivity contribution < 1.29 is 19.4 Å². The van der Waals surface area contributed by atoms with Crippen molar-refractivity contribution in [2.45, 2.75) is 52.2 Å². The number of amides is 2. The molecule has 1 saturated carbocycles. The van der Waals surface area contributed by atoms with E-state index in [9.17, 15) is 9.59 Å². The Balaban J connectivity index is 2.01. The zero-order chi connectivity index (χ0) is 16.5. The van der Waals surface area contributed by atoms with Crippen molar-refractivity contribution in [3.8, 4) is 0 Å². The van der Waals surface area contributed by atoms with E-state index in [0.29, 0.717) is 19.5 Å². The molecule has 2 aliphatic rings. The molecule has 6 nitrogen and oxygen atoms in total. The zero-order valence-corrected chi connectivity index (χ0v) is 14.0. The van der Waals surface area contributed by atoms with Gasteiger partial charge in [-0.2, -0.15) is 0 Å². The molecule has 4 atom stereocenters. The fourth-order valence-corrected chi connectivity index (χ4v) is 4.47. The summed E-state index contributed by atoms with van der Waals surface area (Å²) in [6.07, 6.45) is 2.61. The molecule has 0 aromatic carbocycles. The highest BCUT2D eigenvalue weighted by Gasteiger charge is 2.59. The Hall–Kier alpha value is -1.30. The number of nitrogens with one attached hydrogen (secondary N) is 1. The number of aliphatic carboxylic acids is 1. The molecule has 1 saturated heterocycles. The van der Waals surface area contributed by atoms with Gasteiger partial charge in [0.1, 0.15) is 0 Å². The summed E-state index contributed by atoms with van der Waals surface area (Å²) in [6, 6.07) is -0.0507. The van der Waals surface area contributed by atoms with Crippen LogP contribution < -0.4 is 5.32 Å². The van der Waals surface area contributed by atoms with Crippen molar-refractivity contribution in [2.75, 3.05) is 20.2 Å². The van der Waals surface area contributed by atoms with Crippen LogP contribution in [-0.4, -0.2) is 54.4 Å². The van der Waals surface area contributed by atoms with Crippen molar-refractivity contribution in [1.29, 1.82) is 0 Å². The quantitative estimate of drug-likeness (QED) is 0.813. The first-order chi connectivity index (χ1) is 10.4. The summed E-state index contributed by atoms with van der Waals surface area (Å²) in [7, 11) is 1.73. The molecule has 0 aromatic rings. The van der Waals surface area contributed by atoms with Gasteiger partial charge in [0.25, 0.3) is 0 Å². The second-order valence-electron chi connectivity index (χ2n) is 6.65. The maximum Gasteiger partial charge on any atom is 0.317 e. The average Bonchev–Trinajstić information content (AvgIpc) is 2.99. The number of likely N-dealkylation sites (tertiary alicyclic amines) is 1. The number of carboxylic acid groups (broad SMARTS) is 1. The van der Waals surface area contributed by atoms with E-state index in [2.05, 4.69) is 26.1 Å². The fourth-order valence-electron chi connectivity index (χ4n) is 4.47. The summed E-state index contributed by atoms with van der Waals surface area (Å²) in [4.78, 5) is 25.1. The summed E-state index contributed by atoms with van der Waals surface area (Å²) in [5.41, 5.74) is -0.0181. The topological polar surface area (TPSA) is 78.9 Å². The van der Waals surface area contributed by atoms with Crippen molar-refractivity contribution in [3.05, 3.63) is 0 Å². The predicted octanol–water partition coefficient (Wildman–Crippen LogP) is 1.94. The first-order valence-electron chi connectivity index (χ1n) is 8.22. The predicted molar refractivity (Wildman–Crippen MR) is 82.6 cm³/mol. The molecule has 2 amide bonds. The van der Waals surface area contributed by atoms with E-state index in [1.807, 2.05) is 0 Å². The second-order valence-corrected chi connectivity index (χ2v) is 6.65. The van der Waals surface area contributed by atoms with Gasteiger partial charge in [-0.05, 0) is 19.3 Å². The number of hydrogen-bond donors (Lipinski definition) is 2. The lowest BCUT2D eigenvalue weighted by molar-refractivity contribution is -0.164. The summed E-state index contributed by atoms with van der Waals surface area (Å²) in [5.74, 6) is -0.978. The van der Waals surface area contributed by atoms with Crippen molar-refractivity contribution >= 4 is 12.0 Å². The van der Waals surface area contributed by atoms with E-state index in [0.717, 1.165) is 12.8 Å². The number of ether oxygens (including phenoxy) is 1. The summed E-state index contributed by atoms with van der Waals surface area (Å²) in [6.45, 7) is 7.20. The smallest absolute Gasteiger partial charge is 0.317 e. The number of carbonyl (C=O) groups excluding carboxylic acids is 1. The third kappa shape index (κ3) is 2.57. The number of carboxylic acids is 1. The van der Waals surface area contributed by atoms with Crippen molar-refractivity contribution in [1.82, 2.24) is 10.2 Å². The molecule has 2 fully saturated rings. The molecule has 0 bridgehead atoms. The summed E-state index contributed by atoms with van der Waals surface area (Å²) >= 11 is 0. The van der Waals surface area contributed by atoms with Gasteiger partial charge in [0.05, 0.1) is 12.0 Å². The summed E-state index contributed by atoms with van der Waals surface area (Å²) < 4.78 is 5.64. The molecule has 6 heteroatoms. The van der Waals surface area contributed by atoms with Gasteiger partial charge in [0.2, 0.25) is 0 Å². The summed E-state index contributed by atoms with van der Waals surface area (Å²) in [5, 5.41) is 12.2. The van der Waals surface area contributed by atoms with Crippen LogP contribution in [0.3, 0.4) is 0 Å². The van der Waals surface area contributed by atoms with Crippen molar-refractivity contribution in [2.24, 2.45) is 17.3 Å². The number of nitrogens with zero attached hydrogens (tertiary/aromatic N) is 1. The van der Waals surface area contributed by atoms with Crippen LogP contribution in [0.2, 0.25) is 0 Å². The van der Waals surface area contributed by atoms with Crippen molar-refractivity contribution in [3.63, 3.8) is 0 Å². The van der Waals surface area contributed by atoms with Gasteiger partial charge in [-0.15, -0.1) is 0 Å². The first-order valence-corrected chi connectivity index (χ1v) is 8.22. The van der Waals surface area contributed by atoms with Gasteiger partial charge < -0.3 is 20.1 Å². The molecule has 1 aliphatic heterocycles. The van der Waals surface area contributed by atoms with E-state index in [-0.39, 0.29) is 29.5 Å². The lowest BCUT2D eigenvalue weighted by Gasteiger charge is -2.59. The van der Waals surface area contributed by atoms with Crippen LogP contribution in [0.15, 0.2) is 0 Å². The number of methoxy groups -OCH3 is 1. The highest BCUT2D eigenvalue weighted by Crippen LogP contribution is 2.52. The highest BCUT2D eigenvalue weighted by atomic mass is 16.5. The van der Waals surface area contributed by atoms with Crippen LogP contribution in [0.1, 0.15) is 40.0 Å². The Kier molecular flexibility index (Phi) is 5.00. The standard InChI is InChI=1S/C16H28N2O4/c1-5-16(6-2)12(10(3)13(16)22-4)17-15(21)18-8-7-11(9-18)14(19)20/h10-13H,5-9H2,1-4H3,(H,17,21)(H,19,20). The number of carbonyl (C=O) groups is 2. The average molecular weight is 312 g/mol. The molecule has 1 aliphatic carbocycles. The molecule has 1 heterocycles. The lowest BCUT2D eigenvalue weighted by atomic mass is 9.53. The SMILES string of the molecule is CCC1(CC)C(NC(=O)N2CCC(C(=O)O)C2)C(C)C1OC. The zero-order valence-electron chi connectivity index (χ0n) is 14.0. The van der Waals surface area contributed by atoms with Gasteiger partial charge in [0, 0.05) is 37.6 Å². The van der Waals surface area contributed by atoms with Gasteiger partial charge >= 0.3 is 12.0 Å². The Morgan fingerprint density at radius 3 is 2.45 bits per heavy atom. The number of hydrogen-bond acceptors (Lipinski definition) is 3. The monoisotopic (exact) mass is 312 g/mol. The van der Waals surface area contributed by atoms with Gasteiger partial charge in [-0.25, -0.2) is 4.79 Å². The Bertz CT molecular complexity index is 436. The number of urea groups is 1. The van der Waals surface area contributed by atoms with Crippen LogP contribution in [-0.2, 0) is 9.53 Å². The molecule has 0 radical (unpaired) electrons. The third-order valence-electron chi connectivity index (χ3n) is 5.86. The first kappa shape index (κ1) is 17.1. The molecule has 0 aromatic heterocycles. The van der Waals surface area contributed by atoms with E-state index in [1.165, 1.54) is 0 Å².